The maximum absolute atomic E-state index is 8.03. The van der Waals surface area contributed by atoms with Gasteiger partial charge in [-0.3, -0.25) is 5.41 Å². The zero-order valence-electron chi connectivity index (χ0n) is 27.6. The quantitative estimate of drug-likeness (QED) is 0.112. The van der Waals surface area contributed by atoms with Gasteiger partial charge in [-0.1, -0.05) is 133 Å². The molecule has 0 atom stereocenters. The van der Waals surface area contributed by atoms with Crippen molar-refractivity contribution in [3.63, 3.8) is 0 Å². The molecule has 0 spiro atoms. The molecule has 0 saturated heterocycles. The SMILES string of the molecule is Cn1c2ccccc2c2ccc3c(ccc4ccc5c(c6ccccc6n5-c5ccccc5)c43)c21.N=C(c1ccccc1)c1ccccc1N. The number of nitrogens with one attached hydrogen (secondary N) is 1. The van der Waals surface area contributed by atoms with Crippen LogP contribution in [0.15, 0.2) is 170 Å². The van der Waals surface area contributed by atoms with Gasteiger partial charge in [-0.05, 0) is 52.6 Å². The highest BCUT2D eigenvalue weighted by molar-refractivity contribution is 6.31. The third-order valence-corrected chi connectivity index (χ3v) is 9.98. The Bertz CT molecular complexity index is 2900. The molecule has 2 heterocycles. The third kappa shape index (κ3) is 4.57. The number of nitrogen functional groups attached to an aromatic ring is 1. The van der Waals surface area contributed by atoms with Crippen LogP contribution < -0.4 is 5.73 Å². The molecule has 4 nitrogen and oxygen atoms in total. The summed E-state index contributed by atoms with van der Waals surface area (Å²) >= 11 is 0. The summed E-state index contributed by atoms with van der Waals surface area (Å²) in [5, 5.41) is 18.5. The molecule has 0 saturated carbocycles. The van der Waals surface area contributed by atoms with Crippen molar-refractivity contribution >= 4 is 76.6 Å². The Labute approximate surface area is 289 Å². The second-order valence-corrected chi connectivity index (χ2v) is 12.8. The van der Waals surface area contributed by atoms with Crippen molar-refractivity contribution in [3.05, 3.63) is 181 Å². The number of anilines is 1. The van der Waals surface area contributed by atoms with Crippen LogP contribution in [-0.2, 0) is 7.05 Å². The van der Waals surface area contributed by atoms with E-state index in [0.717, 1.165) is 11.1 Å². The number of benzene rings is 8. The monoisotopic (exact) mass is 642 g/mol. The Balaban J connectivity index is 0.000000189. The lowest BCUT2D eigenvalue weighted by molar-refractivity contribution is 1.02. The van der Waals surface area contributed by atoms with Crippen LogP contribution in [0.25, 0.3) is 70.8 Å². The van der Waals surface area contributed by atoms with E-state index in [-0.39, 0.29) is 0 Å². The number of para-hydroxylation sites is 4. The number of nitrogens with zero attached hydrogens (tertiary/aromatic N) is 2. The second-order valence-electron chi connectivity index (χ2n) is 12.8. The summed E-state index contributed by atoms with van der Waals surface area (Å²) in [6.07, 6.45) is 0. The van der Waals surface area contributed by atoms with E-state index in [1.807, 2.05) is 54.6 Å². The molecule has 0 fully saturated rings. The van der Waals surface area contributed by atoms with Gasteiger partial charge < -0.3 is 14.9 Å². The standard InChI is InChI=1S/C33H22N2.C13H12N2/c1-34-28-13-7-5-11-23(28)25-19-18-24-26(33(25)34)17-15-21-16-20-30-32(31(21)24)27-12-6-8-14-29(27)35(30)22-9-3-2-4-10-22;14-12-9-5-4-8-11(12)13(15)10-6-2-1-3-7-10/h2-20H,1H3;1-9,15H,14H2. The number of aryl methyl sites for hydroxylation is 1. The molecule has 0 amide bonds. The predicted molar refractivity (Wildman–Crippen MR) is 213 cm³/mol. The van der Waals surface area contributed by atoms with E-state index in [1.54, 1.807) is 0 Å². The Kier molecular flexibility index (Phi) is 6.96. The van der Waals surface area contributed by atoms with Gasteiger partial charge in [-0.25, -0.2) is 0 Å². The molecule has 0 aliphatic rings. The van der Waals surface area contributed by atoms with Crippen LogP contribution in [0.4, 0.5) is 5.69 Å². The molecule has 0 unspecified atom stereocenters. The van der Waals surface area contributed by atoms with Crippen LogP contribution in [0, 0.1) is 5.41 Å². The van der Waals surface area contributed by atoms with Gasteiger partial charge in [-0.2, -0.15) is 0 Å². The molecular formula is C46H34N4. The Morgan fingerprint density at radius 3 is 1.84 bits per heavy atom. The first-order valence-electron chi connectivity index (χ1n) is 16.9. The number of hydrogen-bond acceptors (Lipinski definition) is 2. The summed E-state index contributed by atoms with van der Waals surface area (Å²) < 4.78 is 4.75. The van der Waals surface area contributed by atoms with Gasteiger partial charge in [0, 0.05) is 62.0 Å². The predicted octanol–water partition coefficient (Wildman–Crippen LogP) is 11.4. The highest BCUT2D eigenvalue weighted by Crippen LogP contribution is 2.42. The van der Waals surface area contributed by atoms with Crippen molar-refractivity contribution in [3.8, 4) is 5.69 Å². The fourth-order valence-corrected chi connectivity index (χ4v) is 7.71. The van der Waals surface area contributed by atoms with Crippen LogP contribution in [0.3, 0.4) is 0 Å². The van der Waals surface area contributed by atoms with Gasteiger partial charge in [0.1, 0.15) is 0 Å². The summed E-state index contributed by atoms with van der Waals surface area (Å²) in [5.74, 6) is 0. The molecule has 50 heavy (non-hydrogen) atoms. The number of nitrogens with two attached hydrogens (primary N) is 1. The van der Waals surface area contributed by atoms with Crippen LogP contribution in [0.2, 0.25) is 0 Å². The van der Waals surface area contributed by atoms with E-state index in [4.69, 9.17) is 11.1 Å². The van der Waals surface area contributed by atoms with Gasteiger partial charge in [0.05, 0.1) is 22.3 Å². The Morgan fingerprint density at radius 2 is 1.06 bits per heavy atom. The van der Waals surface area contributed by atoms with Crippen LogP contribution in [0.5, 0.6) is 0 Å². The van der Waals surface area contributed by atoms with Crippen LogP contribution in [0.1, 0.15) is 11.1 Å². The van der Waals surface area contributed by atoms with Gasteiger partial charge in [0.25, 0.3) is 0 Å². The summed E-state index contributed by atoms with van der Waals surface area (Å²) in [6, 6.07) is 59.1. The fourth-order valence-electron chi connectivity index (χ4n) is 7.71. The zero-order valence-corrected chi connectivity index (χ0v) is 27.6. The minimum absolute atomic E-state index is 0.466. The lowest BCUT2D eigenvalue weighted by Crippen LogP contribution is -2.04. The Hall–Kier alpha value is -6.65. The molecule has 238 valence electrons. The summed E-state index contributed by atoms with van der Waals surface area (Å²) in [4.78, 5) is 0. The average Bonchev–Trinajstić information content (AvgIpc) is 3.67. The van der Waals surface area contributed by atoms with Gasteiger partial charge in [0.2, 0.25) is 0 Å². The minimum Gasteiger partial charge on any atom is -0.398 e. The second kappa shape index (κ2) is 11.8. The number of rotatable bonds is 3. The van der Waals surface area contributed by atoms with E-state index in [1.165, 1.54) is 70.8 Å². The fraction of sp³-hybridized carbons (Fsp3) is 0.0217. The highest BCUT2D eigenvalue weighted by Gasteiger charge is 2.18. The summed E-state index contributed by atoms with van der Waals surface area (Å²) in [6.45, 7) is 0. The molecule has 0 bridgehead atoms. The van der Waals surface area contributed by atoms with E-state index in [2.05, 4.69) is 131 Å². The Morgan fingerprint density at radius 1 is 0.480 bits per heavy atom. The van der Waals surface area contributed by atoms with E-state index < -0.39 is 0 Å². The van der Waals surface area contributed by atoms with Gasteiger partial charge in [-0.15, -0.1) is 0 Å². The summed E-state index contributed by atoms with van der Waals surface area (Å²) in [5.41, 5.74) is 14.8. The van der Waals surface area contributed by atoms with E-state index >= 15 is 0 Å². The average molecular weight is 643 g/mol. The molecule has 0 aliphatic heterocycles. The molecule has 10 aromatic rings. The maximum Gasteiger partial charge on any atom is 0.0705 e. The molecule has 4 heteroatoms. The van der Waals surface area contributed by atoms with Crippen molar-refractivity contribution in [2.24, 2.45) is 7.05 Å². The van der Waals surface area contributed by atoms with Gasteiger partial charge in [0.15, 0.2) is 0 Å². The molecule has 10 rings (SSSR count). The number of hydrogen-bond donors (Lipinski definition) is 2. The van der Waals surface area contributed by atoms with Gasteiger partial charge >= 0.3 is 0 Å². The normalized spacial score (nSPS) is 11.5. The molecule has 0 aliphatic carbocycles. The van der Waals surface area contributed by atoms with E-state index in [9.17, 15) is 0 Å². The molecular weight excluding hydrogens is 609 g/mol. The van der Waals surface area contributed by atoms with E-state index in [0.29, 0.717) is 11.4 Å². The smallest absolute Gasteiger partial charge is 0.0705 e. The highest BCUT2D eigenvalue weighted by atomic mass is 15.0. The summed E-state index contributed by atoms with van der Waals surface area (Å²) in [7, 11) is 2.19. The minimum atomic E-state index is 0.466. The largest absolute Gasteiger partial charge is 0.398 e. The van der Waals surface area contributed by atoms with Crippen molar-refractivity contribution in [2.75, 3.05) is 5.73 Å². The lowest BCUT2D eigenvalue weighted by atomic mass is 9.96. The topological polar surface area (TPSA) is 59.7 Å². The van der Waals surface area contributed by atoms with Crippen molar-refractivity contribution < 1.29 is 0 Å². The van der Waals surface area contributed by atoms with Crippen molar-refractivity contribution in [1.82, 2.24) is 9.13 Å². The first kappa shape index (κ1) is 29.5. The molecule has 2 aromatic heterocycles. The van der Waals surface area contributed by atoms with Crippen molar-refractivity contribution in [1.29, 1.82) is 5.41 Å². The first-order valence-corrected chi connectivity index (χ1v) is 16.9. The van der Waals surface area contributed by atoms with Crippen LogP contribution >= 0.6 is 0 Å². The first-order chi connectivity index (χ1) is 24.6. The molecule has 8 aromatic carbocycles. The van der Waals surface area contributed by atoms with Crippen molar-refractivity contribution in [2.45, 2.75) is 0 Å². The maximum atomic E-state index is 8.03. The number of fused-ring (bicyclic) bond motifs is 11. The zero-order chi connectivity index (χ0) is 33.8. The lowest BCUT2D eigenvalue weighted by Gasteiger charge is -2.10. The number of aromatic nitrogens is 2. The van der Waals surface area contributed by atoms with Crippen LogP contribution in [-0.4, -0.2) is 14.8 Å². The third-order valence-electron chi connectivity index (χ3n) is 9.98. The molecule has 0 radical (unpaired) electrons. The molecule has 3 N–H and O–H groups in total.